The number of carbonyl (C=O) groups excluding carboxylic acids is 1. The van der Waals surface area contributed by atoms with Gasteiger partial charge in [-0.2, -0.15) is 0 Å². The first-order chi connectivity index (χ1) is 11.2. The van der Waals surface area contributed by atoms with Crippen LogP contribution in [0.2, 0.25) is 0 Å². The molecule has 0 spiro atoms. The molecule has 0 aliphatic rings. The number of hydrogen-bond donors (Lipinski definition) is 0. The van der Waals surface area contributed by atoms with Crippen molar-refractivity contribution in [2.45, 2.75) is 26.2 Å². The molecule has 0 radical (unpaired) electrons. The minimum Gasteiger partial charge on any atom is -0.546 e. The number of hydrogen-bond acceptors (Lipinski definition) is 3. The second-order valence-corrected chi connectivity index (χ2v) is 5.41. The molecule has 3 nitrogen and oxygen atoms in total. The first kappa shape index (κ1) is 20.5. The molecule has 2 aromatic carbocycles. The molecule has 2 aromatic rings. The van der Waals surface area contributed by atoms with Gasteiger partial charge in [-0.1, -0.05) is 61.9 Å². The van der Waals surface area contributed by atoms with Crippen molar-refractivity contribution in [2.75, 3.05) is 6.61 Å². The zero-order chi connectivity index (χ0) is 16.5. The Hall–Kier alpha value is -1.55. The molecule has 2 rings (SSSR count). The fourth-order valence-electron chi connectivity index (χ4n) is 2.19. The van der Waals surface area contributed by atoms with Crippen LogP contribution in [0.3, 0.4) is 0 Å². The van der Waals surface area contributed by atoms with Crippen LogP contribution in [0.5, 0.6) is 5.75 Å². The number of carboxylic acids is 1. The number of aryl methyl sites for hydroxylation is 1. The van der Waals surface area contributed by atoms with Crippen LogP contribution in [0.4, 0.5) is 0 Å². The summed E-state index contributed by atoms with van der Waals surface area (Å²) in [4.78, 5) is 10.3. The van der Waals surface area contributed by atoms with Crippen molar-refractivity contribution in [2.24, 2.45) is 0 Å². The van der Waals surface area contributed by atoms with E-state index in [9.17, 15) is 9.90 Å². The molecule has 24 heavy (non-hydrogen) atoms. The second-order valence-electron chi connectivity index (χ2n) is 5.41. The third kappa shape index (κ3) is 7.35. The summed E-state index contributed by atoms with van der Waals surface area (Å²) in [7, 11) is 0. The van der Waals surface area contributed by atoms with Crippen LogP contribution >= 0.6 is 0 Å². The summed E-state index contributed by atoms with van der Waals surface area (Å²) in [5, 5.41) is 10.3. The summed E-state index contributed by atoms with van der Waals surface area (Å²) in [6, 6.07) is 15.9. The zero-order valence-corrected chi connectivity index (χ0v) is 16.3. The predicted molar refractivity (Wildman–Crippen MR) is 90.9 cm³/mol. The Balaban J connectivity index is 0.00000288. The Bertz CT molecular complexity index is 646. The summed E-state index contributed by atoms with van der Waals surface area (Å²) >= 11 is 0. The van der Waals surface area contributed by atoms with Crippen molar-refractivity contribution in [3.8, 4) is 5.75 Å². The van der Waals surface area contributed by atoms with Gasteiger partial charge in [-0.15, -0.1) is 0 Å². The van der Waals surface area contributed by atoms with Crippen LogP contribution in [0, 0.1) is 0 Å². The Morgan fingerprint density at radius 3 is 2.04 bits per heavy atom. The van der Waals surface area contributed by atoms with E-state index < -0.39 is 12.6 Å². The molecule has 0 amide bonds. The van der Waals surface area contributed by atoms with E-state index in [2.05, 4.69) is 37.3 Å². The van der Waals surface area contributed by atoms with Crippen LogP contribution in [0.15, 0.2) is 48.5 Å². The summed E-state index contributed by atoms with van der Waals surface area (Å²) in [6.45, 7) is 1.77. The Labute approximate surface area is 165 Å². The fraction of sp³-hybridized carbons (Fsp3) is 0.250. The molecule has 4 heteroatoms. The normalized spacial score (nSPS) is 10.4. The quantitative estimate of drug-likeness (QED) is 0.517. The first-order valence-electron chi connectivity index (χ1n) is 7.87. The molecule has 0 aliphatic heterocycles. The van der Waals surface area contributed by atoms with E-state index in [1.807, 2.05) is 18.2 Å². The molecule has 0 aliphatic carbocycles. The van der Waals surface area contributed by atoms with E-state index in [4.69, 9.17) is 4.74 Å². The Morgan fingerprint density at radius 2 is 1.54 bits per heavy atom. The number of benzene rings is 2. The van der Waals surface area contributed by atoms with Crippen LogP contribution in [0.25, 0.3) is 12.2 Å². The SMILES string of the molecule is CCCCc1ccc(/C=C/c2ccc(OCC(=O)[O-])cc2)cc1.[Na+]. The van der Waals surface area contributed by atoms with Gasteiger partial charge in [0.15, 0.2) is 0 Å². The molecule has 0 aromatic heterocycles. The predicted octanol–water partition coefficient (Wildman–Crippen LogP) is 0.332. The molecule has 0 unspecified atom stereocenters. The number of rotatable bonds is 8. The van der Waals surface area contributed by atoms with Crippen LogP contribution in [-0.4, -0.2) is 12.6 Å². The number of ether oxygens (including phenoxy) is 1. The first-order valence-corrected chi connectivity index (χ1v) is 7.87. The van der Waals surface area contributed by atoms with Gasteiger partial charge in [0.2, 0.25) is 0 Å². The molecule has 0 heterocycles. The zero-order valence-electron chi connectivity index (χ0n) is 14.3. The summed E-state index contributed by atoms with van der Waals surface area (Å²) in [5.74, 6) is -0.706. The van der Waals surface area contributed by atoms with Crippen LogP contribution in [-0.2, 0) is 11.2 Å². The third-order valence-electron chi connectivity index (χ3n) is 3.50. The van der Waals surface area contributed by atoms with Crippen LogP contribution < -0.4 is 39.4 Å². The molecule has 0 bridgehead atoms. The molecule has 0 atom stereocenters. The molecule has 0 N–H and O–H groups in total. The molecule has 0 fully saturated rings. The second kappa shape index (κ2) is 11.1. The van der Waals surface area contributed by atoms with Gasteiger partial charge in [0.25, 0.3) is 0 Å². The largest absolute Gasteiger partial charge is 1.00 e. The maximum Gasteiger partial charge on any atom is 1.00 e. The van der Waals surface area contributed by atoms with Gasteiger partial charge in [-0.25, -0.2) is 0 Å². The number of carboxylic acid groups (broad SMARTS) is 1. The van der Waals surface area contributed by atoms with E-state index >= 15 is 0 Å². The van der Waals surface area contributed by atoms with Gasteiger partial charge >= 0.3 is 29.6 Å². The van der Waals surface area contributed by atoms with E-state index in [1.165, 1.54) is 18.4 Å². The monoisotopic (exact) mass is 332 g/mol. The van der Waals surface area contributed by atoms with E-state index in [0.29, 0.717) is 5.75 Å². The smallest absolute Gasteiger partial charge is 0.546 e. The number of unbranched alkanes of at least 4 members (excludes halogenated alkanes) is 1. The van der Waals surface area contributed by atoms with E-state index in [1.54, 1.807) is 12.1 Å². The maximum absolute atomic E-state index is 10.3. The van der Waals surface area contributed by atoms with Gasteiger partial charge in [-0.3, -0.25) is 0 Å². The van der Waals surface area contributed by atoms with Gasteiger partial charge in [0.05, 0.1) is 5.97 Å². The third-order valence-corrected chi connectivity index (χ3v) is 3.50. The van der Waals surface area contributed by atoms with Crippen molar-refractivity contribution in [3.05, 3.63) is 65.2 Å². The molecular formula is C20H21NaO3. The van der Waals surface area contributed by atoms with Crippen molar-refractivity contribution >= 4 is 18.1 Å². The molecule has 0 saturated carbocycles. The molecular weight excluding hydrogens is 311 g/mol. The van der Waals surface area contributed by atoms with E-state index in [-0.39, 0.29) is 29.6 Å². The minimum absolute atomic E-state index is 0. The number of aliphatic carboxylic acids is 1. The van der Waals surface area contributed by atoms with Crippen molar-refractivity contribution in [1.82, 2.24) is 0 Å². The van der Waals surface area contributed by atoms with Crippen molar-refractivity contribution in [3.63, 3.8) is 0 Å². The summed E-state index contributed by atoms with van der Waals surface area (Å²) in [5.41, 5.74) is 3.56. The summed E-state index contributed by atoms with van der Waals surface area (Å²) < 4.78 is 5.04. The van der Waals surface area contributed by atoms with Crippen molar-refractivity contribution in [1.29, 1.82) is 0 Å². The molecule has 0 saturated heterocycles. The van der Waals surface area contributed by atoms with Crippen LogP contribution in [0.1, 0.15) is 36.5 Å². The topological polar surface area (TPSA) is 49.4 Å². The van der Waals surface area contributed by atoms with E-state index in [0.717, 1.165) is 17.5 Å². The molecule has 120 valence electrons. The maximum atomic E-state index is 10.3. The Kier molecular flexibility index (Phi) is 9.46. The van der Waals surface area contributed by atoms with Gasteiger partial charge in [-0.05, 0) is 41.7 Å². The fourth-order valence-corrected chi connectivity index (χ4v) is 2.19. The average Bonchev–Trinajstić information content (AvgIpc) is 2.58. The van der Waals surface area contributed by atoms with Gasteiger partial charge < -0.3 is 14.6 Å². The standard InChI is InChI=1S/C20H22O3.Na/c1-2-3-4-16-5-7-17(8-6-16)9-10-18-11-13-19(14-12-18)23-15-20(21)22;/h5-14H,2-4,15H2,1H3,(H,21,22);/q;+1/p-1/b10-9+;. The Morgan fingerprint density at radius 1 is 1.00 bits per heavy atom. The minimum atomic E-state index is -1.23. The number of carbonyl (C=O) groups is 1. The average molecular weight is 332 g/mol. The van der Waals surface area contributed by atoms with Gasteiger partial charge in [0, 0.05) is 0 Å². The summed E-state index contributed by atoms with van der Waals surface area (Å²) in [6.07, 6.45) is 7.64. The van der Waals surface area contributed by atoms with Gasteiger partial charge in [0.1, 0.15) is 12.4 Å². The van der Waals surface area contributed by atoms with Crippen molar-refractivity contribution < 1.29 is 44.2 Å².